The van der Waals surface area contributed by atoms with Gasteiger partial charge in [0.25, 0.3) is 0 Å². The first-order valence-corrected chi connectivity index (χ1v) is 7.69. The maximum absolute atomic E-state index is 5.94. The van der Waals surface area contributed by atoms with Crippen molar-refractivity contribution in [2.24, 2.45) is 0 Å². The Balaban J connectivity index is 1.55. The topological polar surface area (TPSA) is 48.5 Å². The monoisotopic (exact) mass is 323 g/mol. The smallest absolute Gasteiger partial charge is 0.153 e. The molecule has 4 rings (SSSR count). The first kappa shape index (κ1) is 14.0. The zero-order chi connectivity index (χ0) is 15.6. The Hall–Kier alpha value is -2.66. The van der Waals surface area contributed by atoms with Crippen LogP contribution in [0.3, 0.4) is 0 Å². The highest BCUT2D eigenvalue weighted by molar-refractivity contribution is 6.29. The van der Waals surface area contributed by atoms with Gasteiger partial charge < -0.3 is 4.57 Å². The van der Waals surface area contributed by atoms with Gasteiger partial charge in [0.05, 0.1) is 12.1 Å². The maximum Gasteiger partial charge on any atom is 0.153 e. The van der Waals surface area contributed by atoms with E-state index in [4.69, 9.17) is 11.6 Å². The molecule has 3 heterocycles. The number of halogens is 1. The number of aromatic nitrogens is 5. The van der Waals surface area contributed by atoms with E-state index in [0.29, 0.717) is 5.15 Å². The number of hydrogen-bond acceptors (Lipinski definition) is 3. The van der Waals surface area contributed by atoms with Crippen molar-refractivity contribution in [2.75, 3.05) is 0 Å². The summed E-state index contributed by atoms with van der Waals surface area (Å²) in [6.45, 7) is 1.55. The number of benzene rings is 1. The quantitative estimate of drug-likeness (QED) is 0.578. The standard InChI is InChI=1S/C17H14ClN5/c18-17-10-16-15(20-21-17)6-9-22(16)11-13-2-4-14(5-3-13)12-23-8-1-7-19-23/h1-10H,11-12H2. The second kappa shape index (κ2) is 5.85. The number of rotatable bonds is 4. The molecule has 0 saturated heterocycles. The molecule has 3 aromatic heterocycles. The summed E-state index contributed by atoms with van der Waals surface area (Å²) in [5.74, 6) is 0. The fourth-order valence-corrected chi connectivity index (χ4v) is 2.76. The van der Waals surface area contributed by atoms with E-state index >= 15 is 0 Å². The summed E-state index contributed by atoms with van der Waals surface area (Å²) in [5.41, 5.74) is 4.29. The lowest BCUT2D eigenvalue weighted by atomic mass is 10.1. The average Bonchev–Trinajstić information content (AvgIpc) is 3.20. The van der Waals surface area contributed by atoms with Crippen molar-refractivity contribution >= 4 is 22.6 Å². The molecule has 0 atom stereocenters. The van der Waals surface area contributed by atoms with E-state index in [0.717, 1.165) is 24.1 Å². The molecule has 0 aliphatic rings. The highest BCUT2D eigenvalue weighted by atomic mass is 35.5. The van der Waals surface area contributed by atoms with E-state index in [-0.39, 0.29) is 0 Å². The highest BCUT2D eigenvalue weighted by Gasteiger charge is 2.05. The van der Waals surface area contributed by atoms with Crippen LogP contribution in [0.25, 0.3) is 11.0 Å². The second-order valence-corrected chi connectivity index (χ2v) is 5.79. The van der Waals surface area contributed by atoms with Gasteiger partial charge in [-0.05, 0) is 23.3 Å². The lowest BCUT2D eigenvalue weighted by molar-refractivity contribution is 0.686. The molecule has 23 heavy (non-hydrogen) atoms. The molecule has 0 amide bonds. The first-order chi connectivity index (χ1) is 11.3. The van der Waals surface area contributed by atoms with Crippen LogP contribution >= 0.6 is 11.6 Å². The van der Waals surface area contributed by atoms with Crippen LogP contribution in [-0.2, 0) is 13.1 Å². The minimum Gasteiger partial charge on any atom is -0.342 e. The van der Waals surface area contributed by atoms with Crippen LogP contribution in [0, 0.1) is 0 Å². The van der Waals surface area contributed by atoms with E-state index in [1.807, 2.05) is 35.3 Å². The Morgan fingerprint density at radius 2 is 1.70 bits per heavy atom. The molecule has 0 aliphatic heterocycles. The van der Waals surface area contributed by atoms with Gasteiger partial charge in [-0.15, -0.1) is 10.2 Å². The average molecular weight is 324 g/mol. The van der Waals surface area contributed by atoms with Gasteiger partial charge in [0.1, 0.15) is 5.52 Å². The molecule has 1 aromatic carbocycles. The van der Waals surface area contributed by atoms with Gasteiger partial charge in [0, 0.05) is 31.2 Å². The molecule has 0 saturated carbocycles. The van der Waals surface area contributed by atoms with Crippen molar-refractivity contribution in [3.05, 3.63) is 77.3 Å². The van der Waals surface area contributed by atoms with Gasteiger partial charge >= 0.3 is 0 Å². The Bertz CT molecular complexity index is 925. The van der Waals surface area contributed by atoms with Crippen molar-refractivity contribution < 1.29 is 0 Å². The summed E-state index contributed by atoms with van der Waals surface area (Å²) in [5, 5.41) is 12.6. The molecule has 0 N–H and O–H groups in total. The first-order valence-electron chi connectivity index (χ1n) is 7.31. The summed E-state index contributed by atoms with van der Waals surface area (Å²) in [7, 11) is 0. The Labute approximate surface area is 138 Å². The molecule has 114 valence electrons. The lowest BCUT2D eigenvalue weighted by Crippen LogP contribution is -2.01. The van der Waals surface area contributed by atoms with Crippen molar-refractivity contribution in [3.8, 4) is 0 Å². The fraction of sp³-hybridized carbons (Fsp3) is 0.118. The van der Waals surface area contributed by atoms with Crippen LogP contribution in [0.4, 0.5) is 0 Å². The van der Waals surface area contributed by atoms with E-state index < -0.39 is 0 Å². The van der Waals surface area contributed by atoms with Crippen LogP contribution in [-0.4, -0.2) is 24.5 Å². The largest absolute Gasteiger partial charge is 0.342 e. The van der Waals surface area contributed by atoms with Crippen LogP contribution in [0.1, 0.15) is 11.1 Å². The van der Waals surface area contributed by atoms with Gasteiger partial charge in [-0.3, -0.25) is 4.68 Å². The molecule has 0 bridgehead atoms. The molecule has 5 nitrogen and oxygen atoms in total. The molecule has 0 fully saturated rings. The van der Waals surface area contributed by atoms with Crippen LogP contribution in [0.15, 0.2) is 61.1 Å². The van der Waals surface area contributed by atoms with Crippen molar-refractivity contribution in [1.29, 1.82) is 0 Å². The SMILES string of the molecule is Clc1cc2c(ccn2Cc2ccc(Cn3cccn3)cc2)nn1. The van der Waals surface area contributed by atoms with E-state index in [1.54, 1.807) is 6.20 Å². The van der Waals surface area contributed by atoms with Gasteiger partial charge in [0.2, 0.25) is 0 Å². The molecule has 4 aromatic rings. The third-order valence-corrected chi connectivity index (χ3v) is 3.96. The number of hydrogen-bond donors (Lipinski definition) is 0. The minimum atomic E-state index is 0.409. The predicted octanol–water partition coefficient (Wildman–Crippen LogP) is 3.38. The second-order valence-electron chi connectivity index (χ2n) is 5.40. The zero-order valence-corrected chi connectivity index (χ0v) is 13.1. The molecule has 6 heteroatoms. The van der Waals surface area contributed by atoms with Crippen LogP contribution < -0.4 is 0 Å². The van der Waals surface area contributed by atoms with Crippen molar-refractivity contribution in [3.63, 3.8) is 0 Å². The van der Waals surface area contributed by atoms with E-state index in [2.05, 4.69) is 44.1 Å². The van der Waals surface area contributed by atoms with Crippen LogP contribution in [0.5, 0.6) is 0 Å². The predicted molar refractivity (Wildman–Crippen MR) is 89.4 cm³/mol. The third-order valence-electron chi connectivity index (χ3n) is 3.77. The van der Waals surface area contributed by atoms with E-state index in [1.165, 1.54) is 11.1 Å². The van der Waals surface area contributed by atoms with Crippen molar-refractivity contribution in [1.82, 2.24) is 24.5 Å². The Morgan fingerprint density at radius 3 is 2.43 bits per heavy atom. The third kappa shape index (κ3) is 2.96. The summed E-state index contributed by atoms with van der Waals surface area (Å²) in [4.78, 5) is 0. The van der Waals surface area contributed by atoms with Crippen LogP contribution in [0.2, 0.25) is 5.15 Å². The molecule has 0 aliphatic carbocycles. The maximum atomic E-state index is 5.94. The van der Waals surface area contributed by atoms with Crippen molar-refractivity contribution in [2.45, 2.75) is 13.1 Å². The zero-order valence-electron chi connectivity index (χ0n) is 12.3. The molecule has 0 unspecified atom stereocenters. The minimum absolute atomic E-state index is 0.409. The summed E-state index contributed by atoms with van der Waals surface area (Å²) < 4.78 is 4.04. The molecule has 0 spiro atoms. The normalized spacial score (nSPS) is 11.2. The van der Waals surface area contributed by atoms with Gasteiger partial charge in [0.15, 0.2) is 5.15 Å². The fourth-order valence-electron chi connectivity index (χ4n) is 2.62. The Kier molecular flexibility index (Phi) is 3.55. The summed E-state index contributed by atoms with van der Waals surface area (Å²) in [6.07, 6.45) is 5.76. The highest BCUT2D eigenvalue weighted by Crippen LogP contribution is 2.18. The van der Waals surface area contributed by atoms with Gasteiger partial charge in [-0.1, -0.05) is 35.9 Å². The summed E-state index contributed by atoms with van der Waals surface area (Å²) >= 11 is 5.94. The summed E-state index contributed by atoms with van der Waals surface area (Å²) in [6, 6.07) is 14.3. The molecular weight excluding hydrogens is 310 g/mol. The van der Waals surface area contributed by atoms with E-state index in [9.17, 15) is 0 Å². The Morgan fingerprint density at radius 1 is 0.913 bits per heavy atom. The van der Waals surface area contributed by atoms with Gasteiger partial charge in [-0.25, -0.2) is 0 Å². The lowest BCUT2D eigenvalue weighted by Gasteiger charge is -2.07. The van der Waals surface area contributed by atoms with Gasteiger partial charge in [-0.2, -0.15) is 5.10 Å². The number of fused-ring (bicyclic) bond motifs is 1. The molecular formula is C17H14ClN5. The number of nitrogens with zero attached hydrogens (tertiary/aromatic N) is 5. The molecule has 0 radical (unpaired) electrons.